The van der Waals surface area contributed by atoms with Crippen LogP contribution in [0.25, 0.3) is 11.1 Å². The van der Waals surface area contributed by atoms with Crippen LogP contribution in [-0.2, 0) is 9.53 Å². The van der Waals surface area contributed by atoms with E-state index in [-0.39, 0.29) is 5.97 Å². The van der Waals surface area contributed by atoms with E-state index < -0.39 is 0 Å². The van der Waals surface area contributed by atoms with Crippen LogP contribution in [0.2, 0.25) is 0 Å². The molecule has 2 nitrogen and oxygen atoms in total. The molecule has 3 heteroatoms. The van der Waals surface area contributed by atoms with E-state index >= 15 is 0 Å². The van der Waals surface area contributed by atoms with E-state index in [4.69, 9.17) is 4.74 Å². The van der Waals surface area contributed by atoms with Crippen molar-refractivity contribution in [2.75, 3.05) is 6.61 Å². The number of cyclic esters (lactones) is 1. The first-order valence-electron chi connectivity index (χ1n) is 5.97. The molecule has 2 aromatic carbocycles. The van der Waals surface area contributed by atoms with Crippen LogP contribution in [0.1, 0.15) is 11.1 Å². The summed E-state index contributed by atoms with van der Waals surface area (Å²) in [6.07, 6.45) is 0. The van der Waals surface area contributed by atoms with Crippen LogP contribution in [0.4, 0.5) is 0 Å². The molecule has 1 heterocycles. The Morgan fingerprint density at radius 1 is 0.895 bits per heavy atom. The maximum Gasteiger partial charge on any atom is 0.339 e. The molecule has 0 aliphatic carbocycles. The van der Waals surface area contributed by atoms with Gasteiger partial charge in [-0.2, -0.15) is 0 Å². The summed E-state index contributed by atoms with van der Waals surface area (Å²) in [7, 11) is 0. The number of carbonyl (C=O) groups excluding carboxylic acids is 1. The Bertz CT molecular complexity index is 642. The summed E-state index contributed by atoms with van der Waals surface area (Å²) >= 11 is 3.40. The number of hydrogen-bond donors (Lipinski definition) is 0. The van der Waals surface area contributed by atoms with Crippen LogP contribution in [0.3, 0.4) is 0 Å². The molecule has 0 saturated carbocycles. The number of benzene rings is 2. The van der Waals surface area contributed by atoms with Gasteiger partial charge in [0.1, 0.15) is 6.61 Å². The molecule has 0 spiro atoms. The van der Waals surface area contributed by atoms with E-state index in [1.165, 1.54) is 0 Å². The lowest BCUT2D eigenvalue weighted by Gasteiger charge is -2.04. The fraction of sp³-hybridized carbons (Fsp3) is 0.0625. The maximum absolute atomic E-state index is 12.0. The smallest absolute Gasteiger partial charge is 0.339 e. The van der Waals surface area contributed by atoms with Crippen molar-refractivity contribution < 1.29 is 9.53 Å². The summed E-state index contributed by atoms with van der Waals surface area (Å²) in [5, 5.41) is 0. The predicted molar refractivity (Wildman–Crippen MR) is 78.4 cm³/mol. The van der Waals surface area contributed by atoms with Crippen molar-refractivity contribution in [2.45, 2.75) is 0 Å². The molecule has 0 unspecified atom stereocenters. The highest BCUT2D eigenvalue weighted by Crippen LogP contribution is 2.33. The van der Waals surface area contributed by atoms with E-state index in [2.05, 4.69) is 15.9 Å². The van der Waals surface area contributed by atoms with Crippen LogP contribution in [0, 0.1) is 0 Å². The molecule has 2 aromatic rings. The minimum Gasteiger partial charge on any atom is -0.457 e. The van der Waals surface area contributed by atoms with Crippen LogP contribution in [-0.4, -0.2) is 12.6 Å². The zero-order valence-corrected chi connectivity index (χ0v) is 11.7. The van der Waals surface area contributed by atoms with E-state index in [0.29, 0.717) is 12.2 Å². The van der Waals surface area contributed by atoms with Gasteiger partial charge in [-0.1, -0.05) is 58.4 Å². The Kier molecular flexibility index (Phi) is 3.22. The Labute approximate surface area is 119 Å². The molecule has 94 valence electrons. The van der Waals surface area contributed by atoms with Crippen molar-refractivity contribution in [3.63, 3.8) is 0 Å². The van der Waals surface area contributed by atoms with Gasteiger partial charge in [-0.3, -0.25) is 0 Å². The molecule has 19 heavy (non-hydrogen) atoms. The molecule has 1 aliphatic rings. The first kappa shape index (κ1) is 12.2. The Morgan fingerprint density at radius 3 is 2.26 bits per heavy atom. The predicted octanol–water partition coefficient (Wildman–Crippen LogP) is 3.92. The van der Waals surface area contributed by atoms with Gasteiger partial charge < -0.3 is 4.74 Å². The van der Waals surface area contributed by atoms with E-state index in [9.17, 15) is 4.79 Å². The molecule has 0 fully saturated rings. The van der Waals surface area contributed by atoms with Crippen molar-refractivity contribution in [3.05, 3.63) is 70.2 Å². The van der Waals surface area contributed by atoms with E-state index in [1.54, 1.807) is 0 Å². The van der Waals surface area contributed by atoms with Gasteiger partial charge >= 0.3 is 5.97 Å². The summed E-state index contributed by atoms with van der Waals surface area (Å²) in [4.78, 5) is 12.0. The lowest BCUT2D eigenvalue weighted by molar-refractivity contribution is -0.133. The molecule has 1 aliphatic heterocycles. The minimum atomic E-state index is -0.249. The van der Waals surface area contributed by atoms with Crippen LogP contribution < -0.4 is 0 Å². The number of ether oxygens (including phenoxy) is 1. The first-order chi connectivity index (χ1) is 9.25. The van der Waals surface area contributed by atoms with Gasteiger partial charge in [0.2, 0.25) is 0 Å². The lowest BCUT2D eigenvalue weighted by Crippen LogP contribution is -1.98. The minimum absolute atomic E-state index is 0.249. The molecule has 0 N–H and O–H groups in total. The normalized spacial score (nSPS) is 14.7. The molecule has 0 bridgehead atoms. The Balaban J connectivity index is 2.14. The number of rotatable bonds is 2. The van der Waals surface area contributed by atoms with Crippen molar-refractivity contribution in [1.82, 2.24) is 0 Å². The molecular formula is C16H11BrO2. The van der Waals surface area contributed by atoms with E-state index in [0.717, 1.165) is 21.2 Å². The summed E-state index contributed by atoms with van der Waals surface area (Å²) in [5.74, 6) is -0.249. The second kappa shape index (κ2) is 5.02. The zero-order valence-electron chi connectivity index (χ0n) is 10.1. The average molecular weight is 315 g/mol. The van der Waals surface area contributed by atoms with Gasteiger partial charge in [0.05, 0.1) is 5.57 Å². The highest BCUT2D eigenvalue weighted by molar-refractivity contribution is 9.10. The third-order valence-electron chi connectivity index (χ3n) is 3.11. The van der Waals surface area contributed by atoms with Crippen molar-refractivity contribution >= 4 is 33.0 Å². The molecule has 0 radical (unpaired) electrons. The quantitative estimate of drug-likeness (QED) is 0.785. The standard InChI is InChI=1S/C16H11BrO2/c17-13-8-6-12(7-9-13)15-14(10-19-16(15)18)11-4-2-1-3-5-11/h1-9H,10H2. The van der Waals surface area contributed by atoms with E-state index in [1.807, 2.05) is 54.6 Å². The Hall–Kier alpha value is -1.87. The number of esters is 1. The fourth-order valence-corrected chi connectivity index (χ4v) is 2.45. The maximum atomic E-state index is 12.0. The van der Waals surface area contributed by atoms with Crippen LogP contribution in [0.5, 0.6) is 0 Å². The number of carbonyl (C=O) groups is 1. The van der Waals surface area contributed by atoms with Gasteiger partial charge in [0, 0.05) is 10.0 Å². The summed E-state index contributed by atoms with van der Waals surface area (Å²) in [6.45, 7) is 0.342. The molecule has 0 aromatic heterocycles. The molecule has 3 rings (SSSR count). The highest BCUT2D eigenvalue weighted by Gasteiger charge is 2.26. The topological polar surface area (TPSA) is 26.3 Å². The number of halogens is 1. The molecule has 0 atom stereocenters. The van der Waals surface area contributed by atoms with Crippen molar-refractivity contribution in [3.8, 4) is 0 Å². The lowest BCUT2D eigenvalue weighted by atomic mass is 9.97. The third kappa shape index (κ3) is 2.34. The molecular weight excluding hydrogens is 304 g/mol. The monoisotopic (exact) mass is 314 g/mol. The molecule has 0 saturated heterocycles. The SMILES string of the molecule is O=C1OCC(c2ccccc2)=C1c1ccc(Br)cc1. The summed E-state index contributed by atoms with van der Waals surface area (Å²) < 4.78 is 6.18. The van der Waals surface area contributed by atoms with Gasteiger partial charge in [0.25, 0.3) is 0 Å². The van der Waals surface area contributed by atoms with Crippen LogP contribution in [0.15, 0.2) is 59.1 Å². The summed E-state index contributed by atoms with van der Waals surface area (Å²) in [5.41, 5.74) is 3.54. The average Bonchev–Trinajstić information content (AvgIpc) is 2.83. The van der Waals surface area contributed by atoms with Gasteiger partial charge in [-0.25, -0.2) is 4.79 Å². The summed E-state index contributed by atoms with van der Waals surface area (Å²) in [6, 6.07) is 17.6. The second-order valence-electron chi connectivity index (χ2n) is 4.30. The first-order valence-corrected chi connectivity index (χ1v) is 6.76. The van der Waals surface area contributed by atoms with Gasteiger partial charge in [-0.15, -0.1) is 0 Å². The second-order valence-corrected chi connectivity index (χ2v) is 5.22. The third-order valence-corrected chi connectivity index (χ3v) is 3.64. The largest absolute Gasteiger partial charge is 0.457 e. The number of hydrogen-bond acceptors (Lipinski definition) is 2. The Morgan fingerprint density at radius 2 is 1.58 bits per heavy atom. The highest BCUT2D eigenvalue weighted by atomic mass is 79.9. The zero-order chi connectivity index (χ0) is 13.2. The van der Waals surface area contributed by atoms with Gasteiger partial charge in [0.15, 0.2) is 0 Å². The van der Waals surface area contributed by atoms with Crippen molar-refractivity contribution in [1.29, 1.82) is 0 Å². The van der Waals surface area contributed by atoms with Crippen LogP contribution >= 0.6 is 15.9 Å². The fourth-order valence-electron chi connectivity index (χ4n) is 2.18. The molecule has 0 amide bonds. The van der Waals surface area contributed by atoms with Crippen molar-refractivity contribution in [2.24, 2.45) is 0 Å². The van der Waals surface area contributed by atoms with Gasteiger partial charge in [-0.05, 0) is 23.3 Å².